The lowest BCUT2D eigenvalue weighted by molar-refractivity contribution is -0.120. The first-order valence-electron chi connectivity index (χ1n) is 8.24. The molecule has 1 N–H and O–H groups in total. The van der Waals surface area contributed by atoms with E-state index in [1.54, 1.807) is 11.3 Å². The Bertz CT molecular complexity index is 862. The van der Waals surface area contributed by atoms with E-state index < -0.39 is 0 Å². The summed E-state index contributed by atoms with van der Waals surface area (Å²) in [5.41, 5.74) is 0.949. The lowest BCUT2D eigenvalue weighted by Gasteiger charge is -2.12. The largest absolute Gasteiger partial charge is 0.350 e. The molecule has 2 aromatic heterocycles. The highest BCUT2D eigenvalue weighted by Crippen LogP contribution is 2.27. The minimum Gasteiger partial charge on any atom is -0.350 e. The fraction of sp³-hybridized carbons (Fsp3) is 0.278. The van der Waals surface area contributed by atoms with E-state index in [0.29, 0.717) is 11.6 Å². The van der Waals surface area contributed by atoms with Crippen molar-refractivity contribution in [2.24, 2.45) is 0 Å². The minimum absolute atomic E-state index is 0.0119. The van der Waals surface area contributed by atoms with Crippen molar-refractivity contribution < 1.29 is 4.79 Å². The van der Waals surface area contributed by atoms with Gasteiger partial charge in [-0.3, -0.25) is 4.79 Å². The van der Waals surface area contributed by atoms with Crippen molar-refractivity contribution in [3.8, 4) is 11.4 Å². The first kappa shape index (κ1) is 18.9. The molecule has 3 aromatic rings. The molecule has 3 rings (SSSR count). The molecule has 1 atom stereocenters. The molecule has 5 nitrogen and oxygen atoms in total. The normalized spacial score (nSPS) is 12.1. The molecule has 0 radical (unpaired) electrons. The molecule has 0 saturated carbocycles. The van der Waals surface area contributed by atoms with E-state index in [1.165, 1.54) is 11.8 Å². The van der Waals surface area contributed by atoms with Crippen LogP contribution in [0.4, 0.5) is 0 Å². The number of aromatic nitrogens is 3. The predicted octanol–water partition coefficient (Wildman–Crippen LogP) is 4.48. The van der Waals surface area contributed by atoms with Gasteiger partial charge in [0.25, 0.3) is 0 Å². The van der Waals surface area contributed by atoms with E-state index in [9.17, 15) is 4.79 Å². The summed E-state index contributed by atoms with van der Waals surface area (Å²) < 4.78 is 2.01. The molecule has 136 valence electrons. The summed E-state index contributed by atoms with van der Waals surface area (Å²) in [6.07, 6.45) is 0. The molecule has 0 bridgehead atoms. The number of benzene rings is 1. The van der Waals surface area contributed by atoms with E-state index in [0.717, 1.165) is 28.0 Å². The Hall–Kier alpha value is -1.83. The summed E-state index contributed by atoms with van der Waals surface area (Å²) in [7, 11) is 0. The molecule has 1 aromatic carbocycles. The van der Waals surface area contributed by atoms with Crippen LogP contribution in [0, 0.1) is 0 Å². The van der Waals surface area contributed by atoms with E-state index in [4.69, 9.17) is 11.6 Å². The van der Waals surface area contributed by atoms with E-state index in [2.05, 4.69) is 15.5 Å². The number of halogens is 1. The zero-order valence-electron chi connectivity index (χ0n) is 14.5. The van der Waals surface area contributed by atoms with Gasteiger partial charge in [-0.15, -0.1) is 21.5 Å². The van der Waals surface area contributed by atoms with Gasteiger partial charge in [0.2, 0.25) is 5.91 Å². The summed E-state index contributed by atoms with van der Waals surface area (Å²) in [5.74, 6) is 0.764. The molecule has 0 unspecified atom stereocenters. The molecule has 0 fully saturated rings. The average molecular weight is 407 g/mol. The highest BCUT2D eigenvalue weighted by molar-refractivity contribution is 8.00. The van der Waals surface area contributed by atoms with Crippen LogP contribution in [-0.2, 0) is 17.9 Å². The number of rotatable bonds is 7. The molecule has 0 saturated heterocycles. The Morgan fingerprint density at radius 1 is 1.31 bits per heavy atom. The standard InChI is InChI=1S/C18H19ClN4OS2/c1-3-23-16(13-6-8-14(19)9-7-13)21-22-18(23)26-12(2)17(24)20-11-15-5-4-10-25-15/h4-10,12H,3,11H2,1-2H3,(H,20,24)/t12-/m0/s1. The molecule has 0 spiro atoms. The van der Waals surface area contributed by atoms with Gasteiger partial charge in [-0.1, -0.05) is 29.4 Å². The summed E-state index contributed by atoms with van der Waals surface area (Å²) in [6, 6.07) is 11.5. The Balaban J connectivity index is 1.69. The van der Waals surface area contributed by atoms with Crippen molar-refractivity contribution in [1.29, 1.82) is 0 Å². The zero-order chi connectivity index (χ0) is 18.5. The van der Waals surface area contributed by atoms with Crippen molar-refractivity contribution in [1.82, 2.24) is 20.1 Å². The van der Waals surface area contributed by atoms with E-state index in [1.807, 2.05) is 60.2 Å². The topological polar surface area (TPSA) is 59.8 Å². The third kappa shape index (κ3) is 4.47. The minimum atomic E-state index is -0.262. The lowest BCUT2D eigenvalue weighted by Crippen LogP contribution is -2.30. The van der Waals surface area contributed by atoms with Crippen molar-refractivity contribution in [3.05, 3.63) is 51.7 Å². The van der Waals surface area contributed by atoms with Crippen molar-refractivity contribution in [3.63, 3.8) is 0 Å². The molecule has 26 heavy (non-hydrogen) atoms. The third-order valence-corrected chi connectivity index (χ3v) is 6.01. The second-order valence-electron chi connectivity index (χ2n) is 5.61. The molecule has 0 aliphatic rings. The van der Waals surface area contributed by atoms with Gasteiger partial charge in [0.05, 0.1) is 11.8 Å². The maximum absolute atomic E-state index is 12.4. The highest BCUT2D eigenvalue weighted by Gasteiger charge is 2.20. The Kier molecular flexibility index (Phi) is 6.34. The number of carbonyl (C=O) groups excluding carboxylic acids is 1. The maximum atomic E-state index is 12.4. The van der Waals surface area contributed by atoms with E-state index >= 15 is 0 Å². The number of nitrogens with one attached hydrogen (secondary N) is 1. The van der Waals surface area contributed by atoms with Crippen molar-refractivity contribution >= 4 is 40.6 Å². The fourth-order valence-corrected chi connectivity index (χ4v) is 4.12. The number of carbonyl (C=O) groups is 1. The third-order valence-electron chi connectivity index (χ3n) is 3.80. The van der Waals surface area contributed by atoms with Crippen LogP contribution in [-0.4, -0.2) is 25.9 Å². The second-order valence-corrected chi connectivity index (χ2v) is 8.39. The number of hydrogen-bond acceptors (Lipinski definition) is 5. The van der Waals surface area contributed by atoms with Crippen LogP contribution in [0.1, 0.15) is 18.7 Å². The zero-order valence-corrected chi connectivity index (χ0v) is 16.9. The second kappa shape index (κ2) is 8.70. The Labute approximate surface area is 165 Å². The van der Waals surface area contributed by atoms with Gasteiger partial charge in [-0.05, 0) is 49.6 Å². The summed E-state index contributed by atoms with van der Waals surface area (Å²) in [4.78, 5) is 13.5. The van der Waals surface area contributed by atoms with Crippen LogP contribution in [0.15, 0.2) is 46.9 Å². The summed E-state index contributed by atoms with van der Waals surface area (Å²) >= 11 is 9.00. The van der Waals surface area contributed by atoms with Gasteiger partial charge in [0.15, 0.2) is 11.0 Å². The first-order valence-corrected chi connectivity index (χ1v) is 10.4. The van der Waals surface area contributed by atoms with Gasteiger partial charge in [0.1, 0.15) is 0 Å². The number of hydrogen-bond donors (Lipinski definition) is 1. The van der Waals surface area contributed by atoms with Crippen LogP contribution in [0.2, 0.25) is 5.02 Å². The van der Waals surface area contributed by atoms with Gasteiger partial charge >= 0.3 is 0 Å². The molecule has 0 aliphatic heterocycles. The number of thiophene rings is 1. The van der Waals surface area contributed by atoms with Crippen LogP contribution in [0.3, 0.4) is 0 Å². The van der Waals surface area contributed by atoms with E-state index in [-0.39, 0.29) is 11.2 Å². The molecule has 0 aliphatic carbocycles. The SMILES string of the molecule is CCn1c(S[C@@H](C)C(=O)NCc2cccs2)nnc1-c1ccc(Cl)cc1. The van der Waals surface area contributed by atoms with Gasteiger partial charge in [0, 0.05) is 22.0 Å². The summed E-state index contributed by atoms with van der Waals surface area (Å²) in [5, 5.41) is 14.7. The Morgan fingerprint density at radius 3 is 2.73 bits per heavy atom. The van der Waals surface area contributed by atoms with Gasteiger partial charge in [-0.2, -0.15) is 0 Å². The highest BCUT2D eigenvalue weighted by atomic mass is 35.5. The molecule has 8 heteroatoms. The van der Waals surface area contributed by atoms with Crippen LogP contribution in [0.25, 0.3) is 11.4 Å². The van der Waals surface area contributed by atoms with Crippen molar-refractivity contribution in [2.75, 3.05) is 0 Å². The number of nitrogens with zero attached hydrogens (tertiary/aromatic N) is 3. The number of thioether (sulfide) groups is 1. The van der Waals surface area contributed by atoms with Crippen LogP contribution < -0.4 is 5.32 Å². The molecular formula is C18H19ClN4OS2. The van der Waals surface area contributed by atoms with Gasteiger partial charge in [-0.25, -0.2) is 0 Å². The fourth-order valence-electron chi connectivity index (χ4n) is 2.42. The lowest BCUT2D eigenvalue weighted by atomic mass is 10.2. The smallest absolute Gasteiger partial charge is 0.233 e. The monoisotopic (exact) mass is 406 g/mol. The number of amides is 1. The molecule has 1 amide bonds. The first-order chi connectivity index (χ1) is 12.6. The maximum Gasteiger partial charge on any atom is 0.233 e. The van der Waals surface area contributed by atoms with Gasteiger partial charge < -0.3 is 9.88 Å². The van der Waals surface area contributed by atoms with Crippen LogP contribution in [0.5, 0.6) is 0 Å². The van der Waals surface area contributed by atoms with Crippen LogP contribution >= 0.6 is 34.7 Å². The molecule has 2 heterocycles. The molecular weight excluding hydrogens is 388 g/mol. The Morgan fingerprint density at radius 2 is 2.08 bits per heavy atom. The van der Waals surface area contributed by atoms with Crippen molar-refractivity contribution in [2.45, 2.75) is 37.3 Å². The average Bonchev–Trinajstić information content (AvgIpc) is 3.29. The quantitative estimate of drug-likeness (QED) is 0.588. The predicted molar refractivity (Wildman–Crippen MR) is 108 cm³/mol. The summed E-state index contributed by atoms with van der Waals surface area (Å²) in [6.45, 7) is 5.19.